The third kappa shape index (κ3) is 5.45. The third-order valence-corrected chi connectivity index (χ3v) is 3.69. The van der Waals surface area contributed by atoms with Crippen LogP contribution in [0.1, 0.15) is 45.4 Å². The van der Waals surface area contributed by atoms with E-state index in [1.54, 1.807) is 0 Å². The highest BCUT2D eigenvalue weighted by Crippen LogP contribution is 2.30. The zero-order valence-corrected chi connectivity index (χ0v) is 13.2. The van der Waals surface area contributed by atoms with Gasteiger partial charge in [-0.3, -0.25) is 10.1 Å². The summed E-state index contributed by atoms with van der Waals surface area (Å²) in [6.45, 7) is 2.79. The van der Waals surface area contributed by atoms with Gasteiger partial charge in [-0.1, -0.05) is 39.0 Å². The first-order chi connectivity index (χ1) is 9.56. The van der Waals surface area contributed by atoms with Crippen LogP contribution in [0.4, 0.5) is 15.8 Å². The van der Waals surface area contributed by atoms with Crippen molar-refractivity contribution in [3.8, 4) is 0 Å². The van der Waals surface area contributed by atoms with Crippen molar-refractivity contribution in [2.45, 2.75) is 45.4 Å². The topological polar surface area (TPSA) is 55.2 Å². The van der Waals surface area contributed by atoms with Crippen LogP contribution >= 0.6 is 15.9 Å². The van der Waals surface area contributed by atoms with Gasteiger partial charge in [0.1, 0.15) is 11.5 Å². The van der Waals surface area contributed by atoms with E-state index in [9.17, 15) is 14.5 Å². The predicted octanol–water partition coefficient (Wildman–Crippen LogP) is 5.27. The van der Waals surface area contributed by atoms with Gasteiger partial charge in [0.2, 0.25) is 0 Å². The van der Waals surface area contributed by atoms with Gasteiger partial charge in [0, 0.05) is 18.7 Å². The lowest BCUT2D eigenvalue weighted by molar-refractivity contribution is -0.384. The van der Waals surface area contributed by atoms with Crippen LogP contribution in [-0.2, 0) is 0 Å². The lowest BCUT2D eigenvalue weighted by atomic mass is 10.1. The molecule has 112 valence electrons. The molecule has 0 aromatic heterocycles. The first kappa shape index (κ1) is 16.9. The molecule has 0 aliphatic heterocycles. The Bertz CT molecular complexity index is 455. The van der Waals surface area contributed by atoms with E-state index in [0.29, 0.717) is 6.54 Å². The van der Waals surface area contributed by atoms with Gasteiger partial charge in [0.25, 0.3) is 5.69 Å². The fourth-order valence-electron chi connectivity index (χ4n) is 1.96. The number of halogens is 2. The van der Waals surface area contributed by atoms with Crippen molar-refractivity contribution < 1.29 is 9.31 Å². The van der Waals surface area contributed by atoms with Crippen molar-refractivity contribution in [3.63, 3.8) is 0 Å². The fourth-order valence-corrected chi connectivity index (χ4v) is 2.29. The van der Waals surface area contributed by atoms with Gasteiger partial charge in [-0.05, 0) is 22.4 Å². The van der Waals surface area contributed by atoms with E-state index < -0.39 is 10.7 Å². The van der Waals surface area contributed by atoms with Crippen molar-refractivity contribution in [2.75, 3.05) is 11.9 Å². The molecule has 0 bridgehead atoms. The van der Waals surface area contributed by atoms with Gasteiger partial charge in [-0.25, -0.2) is 4.39 Å². The average molecular weight is 347 g/mol. The second-order valence-electron chi connectivity index (χ2n) is 4.74. The molecule has 20 heavy (non-hydrogen) atoms. The minimum Gasteiger partial charge on any atom is -0.379 e. The summed E-state index contributed by atoms with van der Waals surface area (Å²) in [4.78, 5) is 10.4. The van der Waals surface area contributed by atoms with E-state index in [4.69, 9.17) is 0 Å². The Hall–Kier alpha value is -1.17. The molecule has 4 nitrogen and oxygen atoms in total. The van der Waals surface area contributed by atoms with E-state index in [2.05, 4.69) is 28.2 Å². The Labute approximate surface area is 127 Å². The second-order valence-corrected chi connectivity index (χ2v) is 5.59. The van der Waals surface area contributed by atoms with Crippen LogP contribution in [-0.4, -0.2) is 11.5 Å². The fraction of sp³-hybridized carbons (Fsp3) is 0.571. The highest BCUT2D eigenvalue weighted by molar-refractivity contribution is 9.10. The minimum atomic E-state index is -0.506. The number of unbranched alkanes of at least 4 members (excludes halogenated alkanes) is 5. The van der Waals surface area contributed by atoms with E-state index in [-0.39, 0.29) is 15.8 Å². The summed E-state index contributed by atoms with van der Waals surface area (Å²) < 4.78 is 13.5. The van der Waals surface area contributed by atoms with Crippen molar-refractivity contribution in [1.82, 2.24) is 0 Å². The molecule has 0 fully saturated rings. The SMILES string of the molecule is CCCCCCCCNc1cc(F)c(Br)cc1[N+](=O)[O-]. The minimum absolute atomic E-state index is 0.106. The molecule has 0 heterocycles. The van der Waals surface area contributed by atoms with Crippen LogP contribution in [0.15, 0.2) is 16.6 Å². The maximum Gasteiger partial charge on any atom is 0.293 e. The van der Waals surface area contributed by atoms with Crippen molar-refractivity contribution in [3.05, 3.63) is 32.5 Å². The van der Waals surface area contributed by atoms with Crippen LogP contribution in [0.25, 0.3) is 0 Å². The zero-order valence-electron chi connectivity index (χ0n) is 11.6. The Balaban J connectivity index is 2.47. The van der Waals surface area contributed by atoms with E-state index >= 15 is 0 Å². The van der Waals surface area contributed by atoms with Crippen LogP contribution in [0.3, 0.4) is 0 Å². The number of nitrogens with zero attached hydrogens (tertiary/aromatic N) is 1. The first-order valence-electron chi connectivity index (χ1n) is 6.93. The van der Waals surface area contributed by atoms with Gasteiger partial charge in [0.05, 0.1) is 9.40 Å². The van der Waals surface area contributed by atoms with Gasteiger partial charge in [-0.2, -0.15) is 0 Å². The molecule has 1 rings (SSSR count). The van der Waals surface area contributed by atoms with Gasteiger partial charge in [0.15, 0.2) is 0 Å². The molecule has 0 spiro atoms. The molecular weight excluding hydrogens is 327 g/mol. The Kier molecular flexibility index (Phi) is 7.51. The quantitative estimate of drug-likeness (QED) is 0.376. The maximum atomic E-state index is 13.4. The molecule has 6 heteroatoms. The monoisotopic (exact) mass is 346 g/mol. The van der Waals surface area contributed by atoms with E-state index in [0.717, 1.165) is 12.8 Å². The zero-order chi connectivity index (χ0) is 15.0. The van der Waals surface area contributed by atoms with E-state index in [1.165, 1.54) is 37.8 Å². The highest BCUT2D eigenvalue weighted by atomic mass is 79.9. The Morgan fingerprint density at radius 3 is 2.55 bits per heavy atom. The molecule has 1 aromatic carbocycles. The third-order valence-electron chi connectivity index (χ3n) is 3.08. The highest BCUT2D eigenvalue weighted by Gasteiger charge is 2.16. The Morgan fingerprint density at radius 2 is 1.90 bits per heavy atom. The number of nitrogens with one attached hydrogen (secondary N) is 1. The van der Waals surface area contributed by atoms with Crippen LogP contribution in [0.5, 0.6) is 0 Å². The summed E-state index contributed by atoms with van der Waals surface area (Å²) in [5.41, 5.74) is 0.133. The molecule has 0 amide bonds. The van der Waals surface area contributed by atoms with Crippen LogP contribution < -0.4 is 5.32 Å². The number of rotatable bonds is 9. The number of anilines is 1. The van der Waals surface area contributed by atoms with Crippen LogP contribution in [0.2, 0.25) is 0 Å². The molecular formula is C14H20BrFN2O2. The molecule has 0 atom stereocenters. The van der Waals surface area contributed by atoms with Crippen molar-refractivity contribution >= 4 is 27.3 Å². The smallest absolute Gasteiger partial charge is 0.293 e. The van der Waals surface area contributed by atoms with E-state index in [1.807, 2.05) is 0 Å². The average Bonchev–Trinajstić information content (AvgIpc) is 2.41. The van der Waals surface area contributed by atoms with Gasteiger partial charge in [-0.15, -0.1) is 0 Å². The predicted molar refractivity (Wildman–Crippen MR) is 82.6 cm³/mol. The summed E-state index contributed by atoms with van der Waals surface area (Å²) in [6, 6.07) is 2.36. The molecule has 1 aromatic rings. The summed E-state index contributed by atoms with van der Waals surface area (Å²) in [7, 11) is 0. The number of hydrogen-bond donors (Lipinski definition) is 1. The first-order valence-corrected chi connectivity index (χ1v) is 7.73. The normalized spacial score (nSPS) is 10.6. The summed E-state index contributed by atoms with van der Waals surface area (Å²) >= 11 is 2.96. The molecule has 0 unspecified atom stereocenters. The summed E-state index contributed by atoms with van der Waals surface area (Å²) in [5, 5.41) is 13.9. The summed E-state index contributed by atoms with van der Waals surface area (Å²) in [6.07, 6.45) is 6.87. The number of nitro benzene ring substituents is 1. The largest absolute Gasteiger partial charge is 0.379 e. The number of hydrogen-bond acceptors (Lipinski definition) is 3. The molecule has 0 aliphatic rings. The maximum absolute atomic E-state index is 13.4. The molecule has 0 saturated carbocycles. The second kappa shape index (κ2) is 8.89. The number of benzene rings is 1. The van der Waals surface area contributed by atoms with Crippen LogP contribution in [0, 0.1) is 15.9 Å². The van der Waals surface area contributed by atoms with Gasteiger partial charge >= 0.3 is 0 Å². The molecule has 0 radical (unpaired) electrons. The summed E-state index contributed by atoms with van der Waals surface area (Å²) in [5.74, 6) is -0.499. The Morgan fingerprint density at radius 1 is 1.25 bits per heavy atom. The number of nitro groups is 1. The molecule has 0 saturated heterocycles. The lowest BCUT2D eigenvalue weighted by Crippen LogP contribution is -2.05. The molecule has 0 aliphatic carbocycles. The lowest BCUT2D eigenvalue weighted by Gasteiger charge is -2.08. The van der Waals surface area contributed by atoms with Gasteiger partial charge < -0.3 is 5.32 Å². The van der Waals surface area contributed by atoms with Crippen molar-refractivity contribution in [1.29, 1.82) is 0 Å². The van der Waals surface area contributed by atoms with Crippen molar-refractivity contribution in [2.24, 2.45) is 0 Å². The molecule has 1 N–H and O–H groups in total. The standard InChI is InChI=1S/C14H20BrFN2O2/c1-2-3-4-5-6-7-8-17-13-10-12(16)11(15)9-14(13)18(19)20/h9-10,17H,2-8H2,1H3.